The molecule has 3 aromatic rings. The third-order valence-corrected chi connectivity index (χ3v) is 6.94. The molecular weight excluding hydrogens is 406 g/mol. The Balaban J connectivity index is 2.09. The van der Waals surface area contributed by atoms with Crippen LogP contribution in [0.3, 0.4) is 0 Å². The van der Waals surface area contributed by atoms with Crippen LogP contribution in [0.5, 0.6) is 0 Å². The molecule has 0 fully saturated rings. The summed E-state index contributed by atoms with van der Waals surface area (Å²) >= 11 is 1.33. The lowest BCUT2D eigenvalue weighted by Gasteiger charge is -2.22. The smallest absolute Gasteiger partial charge is 0.260 e. The minimum atomic E-state index is -3.42. The van der Waals surface area contributed by atoms with E-state index in [1.165, 1.54) is 17.6 Å². The predicted molar refractivity (Wildman–Crippen MR) is 119 cm³/mol. The monoisotopic (exact) mass is 431 g/mol. The number of likely N-dealkylation sites (N-methyl/N-ethyl adjacent to an activating group) is 1. The molecule has 1 aromatic heterocycles. The number of hydrogen-bond acceptors (Lipinski definition) is 6. The molecule has 0 aliphatic rings. The van der Waals surface area contributed by atoms with Crippen LogP contribution < -0.4 is 4.90 Å². The molecule has 0 N–H and O–H groups in total. The summed E-state index contributed by atoms with van der Waals surface area (Å²) in [6.07, 6.45) is 1.17. The maximum atomic E-state index is 13.3. The molecule has 0 unspecified atom stereocenters. The Labute approximate surface area is 175 Å². The van der Waals surface area contributed by atoms with Crippen LogP contribution in [0.4, 0.5) is 5.13 Å². The molecule has 1 heterocycles. The third-order valence-electron chi connectivity index (χ3n) is 4.77. The summed E-state index contributed by atoms with van der Waals surface area (Å²) in [6, 6.07) is 10.7. The highest BCUT2D eigenvalue weighted by Gasteiger charge is 2.23. The summed E-state index contributed by atoms with van der Waals surface area (Å²) in [4.78, 5) is 21.7. The van der Waals surface area contributed by atoms with E-state index in [9.17, 15) is 13.2 Å². The number of aryl methyl sites for hydroxylation is 2. The number of anilines is 1. The SMILES string of the molecule is Cc1ccc(C(=O)N(CCN(C)C)c2nc3c(S(C)(=O)=O)cccc3s2)cc1C. The van der Waals surface area contributed by atoms with E-state index in [2.05, 4.69) is 4.98 Å². The summed E-state index contributed by atoms with van der Waals surface area (Å²) in [5, 5.41) is 0.501. The van der Waals surface area contributed by atoms with Crippen LogP contribution in [0.15, 0.2) is 41.3 Å². The fourth-order valence-corrected chi connectivity index (χ4v) is 4.85. The lowest BCUT2D eigenvalue weighted by Crippen LogP contribution is -2.36. The van der Waals surface area contributed by atoms with Crippen LogP contribution in [-0.4, -0.2) is 57.6 Å². The zero-order valence-corrected chi connectivity index (χ0v) is 18.9. The van der Waals surface area contributed by atoms with E-state index in [4.69, 9.17) is 0 Å². The first-order valence-electron chi connectivity index (χ1n) is 9.21. The van der Waals surface area contributed by atoms with Gasteiger partial charge < -0.3 is 4.90 Å². The van der Waals surface area contributed by atoms with Gasteiger partial charge in [0, 0.05) is 24.9 Å². The minimum absolute atomic E-state index is 0.144. The zero-order valence-electron chi connectivity index (χ0n) is 17.3. The van der Waals surface area contributed by atoms with Gasteiger partial charge in [0.1, 0.15) is 5.52 Å². The molecule has 0 spiro atoms. The molecular formula is C21H25N3O3S2. The number of amides is 1. The van der Waals surface area contributed by atoms with Gasteiger partial charge in [-0.3, -0.25) is 9.69 Å². The van der Waals surface area contributed by atoms with Crippen molar-refractivity contribution in [2.24, 2.45) is 0 Å². The first-order valence-corrected chi connectivity index (χ1v) is 11.9. The maximum Gasteiger partial charge on any atom is 0.260 e. The van der Waals surface area contributed by atoms with Gasteiger partial charge in [-0.05, 0) is 63.3 Å². The molecule has 0 aliphatic carbocycles. The fourth-order valence-electron chi connectivity index (χ4n) is 2.94. The maximum absolute atomic E-state index is 13.3. The van der Waals surface area contributed by atoms with E-state index in [1.807, 2.05) is 57.1 Å². The van der Waals surface area contributed by atoms with Gasteiger partial charge >= 0.3 is 0 Å². The Morgan fingerprint density at radius 3 is 2.41 bits per heavy atom. The molecule has 0 bridgehead atoms. The number of fused-ring (bicyclic) bond motifs is 1. The van der Waals surface area contributed by atoms with Crippen LogP contribution in [0.2, 0.25) is 0 Å². The molecule has 1 amide bonds. The third kappa shape index (κ3) is 4.66. The number of hydrogen-bond donors (Lipinski definition) is 0. The Kier molecular flexibility index (Phi) is 6.07. The standard InChI is InChI=1S/C21H25N3O3S2/c1-14-9-10-16(13-15(14)2)20(25)24(12-11-23(3)4)21-22-19-17(28-21)7-6-8-18(19)29(5,26)27/h6-10,13H,11-12H2,1-5H3. The number of nitrogens with zero attached hydrogens (tertiary/aromatic N) is 3. The Hall–Kier alpha value is -2.29. The molecule has 154 valence electrons. The quantitative estimate of drug-likeness (QED) is 0.597. The van der Waals surface area contributed by atoms with Crippen molar-refractivity contribution in [1.82, 2.24) is 9.88 Å². The number of carbonyl (C=O) groups is 1. The summed E-state index contributed by atoms with van der Waals surface area (Å²) in [7, 11) is 0.469. The van der Waals surface area contributed by atoms with Crippen molar-refractivity contribution < 1.29 is 13.2 Å². The van der Waals surface area contributed by atoms with Gasteiger partial charge in [0.2, 0.25) is 0 Å². The number of benzene rings is 2. The molecule has 0 saturated carbocycles. The second kappa shape index (κ2) is 8.22. The minimum Gasteiger partial charge on any atom is -0.308 e. The van der Waals surface area contributed by atoms with Crippen molar-refractivity contribution in [2.75, 3.05) is 38.3 Å². The lowest BCUT2D eigenvalue weighted by molar-refractivity contribution is 0.0985. The molecule has 0 atom stereocenters. The van der Waals surface area contributed by atoms with Crippen LogP contribution >= 0.6 is 11.3 Å². The Morgan fingerprint density at radius 1 is 1.07 bits per heavy atom. The first kappa shape index (κ1) is 21.4. The molecule has 3 rings (SSSR count). The van der Waals surface area contributed by atoms with E-state index >= 15 is 0 Å². The number of rotatable bonds is 6. The molecule has 0 aliphatic heterocycles. The van der Waals surface area contributed by atoms with E-state index in [1.54, 1.807) is 17.0 Å². The molecule has 0 saturated heterocycles. The van der Waals surface area contributed by atoms with Gasteiger partial charge in [0.05, 0.1) is 9.60 Å². The highest BCUT2D eigenvalue weighted by molar-refractivity contribution is 7.91. The van der Waals surface area contributed by atoms with Crippen molar-refractivity contribution in [3.63, 3.8) is 0 Å². The van der Waals surface area contributed by atoms with Crippen LogP contribution in [0.1, 0.15) is 21.5 Å². The molecule has 8 heteroatoms. The molecule has 6 nitrogen and oxygen atoms in total. The summed E-state index contributed by atoms with van der Waals surface area (Å²) in [6.45, 7) is 5.10. The van der Waals surface area contributed by atoms with Gasteiger partial charge in [0.15, 0.2) is 15.0 Å². The van der Waals surface area contributed by atoms with Crippen molar-refractivity contribution >= 4 is 42.4 Å². The number of para-hydroxylation sites is 1. The predicted octanol–water partition coefficient (Wildman–Crippen LogP) is 3.53. The van der Waals surface area contributed by atoms with E-state index in [0.29, 0.717) is 29.3 Å². The van der Waals surface area contributed by atoms with Crippen LogP contribution in [0, 0.1) is 13.8 Å². The highest BCUT2D eigenvalue weighted by atomic mass is 32.2. The second-order valence-corrected chi connectivity index (χ2v) is 10.4. The molecule has 2 aromatic carbocycles. The fraction of sp³-hybridized carbons (Fsp3) is 0.333. The lowest BCUT2D eigenvalue weighted by atomic mass is 10.1. The second-order valence-electron chi connectivity index (χ2n) is 7.43. The van der Waals surface area contributed by atoms with Crippen molar-refractivity contribution in [3.05, 3.63) is 53.1 Å². The number of carbonyl (C=O) groups excluding carboxylic acids is 1. The van der Waals surface area contributed by atoms with Gasteiger partial charge in [0.25, 0.3) is 5.91 Å². The van der Waals surface area contributed by atoms with Gasteiger partial charge in [-0.1, -0.05) is 23.5 Å². The van der Waals surface area contributed by atoms with Gasteiger partial charge in [-0.15, -0.1) is 0 Å². The summed E-state index contributed by atoms with van der Waals surface area (Å²) in [5.41, 5.74) is 3.18. The number of thiazole rings is 1. The summed E-state index contributed by atoms with van der Waals surface area (Å²) < 4.78 is 25.0. The molecule has 29 heavy (non-hydrogen) atoms. The largest absolute Gasteiger partial charge is 0.308 e. The highest BCUT2D eigenvalue weighted by Crippen LogP contribution is 2.33. The molecule has 0 radical (unpaired) electrons. The Bertz CT molecular complexity index is 1170. The van der Waals surface area contributed by atoms with E-state index in [-0.39, 0.29) is 10.8 Å². The van der Waals surface area contributed by atoms with E-state index in [0.717, 1.165) is 15.8 Å². The normalized spacial score (nSPS) is 11.9. The number of sulfone groups is 1. The van der Waals surface area contributed by atoms with Gasteiger partial charge in [-0.2, -0.15) is 0 Å². The zero-order chi connectivity index (χ0) is 21.3. The van der Waals surface area contributed by atoms with Crippen LogP contribution in [-0.2, 0) is 9.84 Å². The van der Waals surface area contributed by atoms with Gasteiger partial charge in [-0.25, -0.2) is 13.4 Å². The van der Waals surface area contributed by atoms with Crippen molar-refractivity contribution in [3.8, 4) is 0 Å². The van der Waals surface area contributed by atoms with Crippen molar-refractivity contribution in [2.45, 2.75) is 18.7 Å². The summed E-state index contributed by atoms with van der Waals surface area (Å²) in [5.74, 6) is -0.144. The first-order chi connectivity index (χ1) is 13.6. The number of aromatic nitrogens is 1. The van der Waals surface area contributed by atoms with E-state index < -0.39 is 9.84 Å². The van der Waals surface area contributed by atoms with Crippen molar-refractivity contribution in [1.29, 1.82) is 0 Å². The van der Waals surface area contributed by atoms with Crippen LogP contribution in [0.25, 0.3) is 10.2 Å². The average Bonchev–Trinajstić information content (AvgIpc) is 3.06. The Morgan fingerprint density at radius 2 is 1.79 bits per heavy atom. The average molecular weight is 432 g/mol. The topological polar surface area (TPSA) is 70.6 Å².